The first-order chi connectivity index (χ1) is 9.19. The number of aromatic nitrogens is 3. The molecule has 100 valence electrons. The summed E-state index contributed by atoms with van der Waals surface area (Å²) in [5, 5.41) is 6.64. The minimum Gasteiger partial charge on any atom is -0.387 e. The van der Waals surface area contributed by atoms with Crippen LogP contribution in [0.4, 0.5) is 0 Å². The molecule has 6 nitrogen and oxygen atoms in total. The number of amidine groups is 1. The molecule has 0 saturated heterocycles. The highest BCUT2D eigenvalue weighted by molar-refractivity contribution is 9.10. The van der Waals surface area contributed by atoms with Crippen molar-refractivity contribution < 1.29 is 4.84 Å². The first-order valence-corrected chi connectivity index (χ1v) is 7.23. The molecular formula is C11H12BrN5OS. The molecule has 0 spiro atoms. The van der Waals surface area contributed by atoms with Gasteiger partial charge in [0.1, 0.15) is 5.01 Å². The lowest BCUT2D eigenvalue weighted by Gasteiger charge is -1.99. The minimum absolute atomic E-state index is 0.139. The predicted octanol–water partition coefficient (Wildman–Crippen LogP) is 2.10. The second-order valence-corrected chi connectivity index (χ2v) is 5.42. The molecule has 0 radical (unpaired) electrons. The van der Waals surface area contributed by atoms with Crippen LogP contribution in [0.15, 0.2) is 27.4 Å². The van der Waals surface area contributed by atoms with Crippen LogP contribution in [0.25, 0.3) is 0 Å². The van der Waals surface area contributed by atoms with Crippen molar-refractivity contribution in [1.29, 1.82) is 0 Å². The van der Waals surface area contributed by atoms with E-state index in [0.717, 1.165) is 21.6 Å². The van der Waals surface area contributed by atoms with Crippen LogP contribution in [0.5, 0.6) is 0 Å². The Hall–Kier alpha value is -1.54. The fourth-order valence-electron chi connectivity index (χ4n) is 1.22. The van der Waals surface area contributed by atoms with E-state index in [4.69, 9.17) is 10.6 Å². The Morgan fingerprint density at radius 1 is 1.47 bits per heavy atom. The Kier molecular flexibility index (Phi) is 4.80. The van der Waals surface area contributed by atoms with Gasteiger partial charge in [-0.3, -0.25) is 0 Å². The van der Waals surface area contributed by atoms with Crippen LogP contribution >= 0.6 is 27.3 Å². The van der Waals surface area contributed by atoms with Gasteiger partial charge in [0.2, 0.25) is 5.84 Å². The van der Waals surface area contributed by atoms with Gasteiger partial charge >= 0.3 is 0 Å². The number of aryl methyl sites for hydroxylation is 1. The maximum Gasteiger partial charge on any atom is 0.208 e. The molecule has 0 atom stereocenters. The second kappa shape index (κ2) is 6.58. The summed E-state index contributed by atoms with van der Waals surface area (Å²) in [6.45, 7) is 2.35. The predicted molar refractivity (Wildman–Crippen MR) is 76.7 cm³/mol. The lowest BCUT2D eigenvalue weighted by Crippen LogP contribution is -2.17. The number of oxime groups is 1. The number of nitrogens with zero attached hydrogens (tertiary/aromatic N) is 4. The van der Waals surface area contributed by atoms with E-state index < -0.39 is 0 Å². The van der Waals surface area contributed by atoms with Crippen molar-refractivity contribution in [3.8, 4) is 0 Å². The van der Waals surface area contributed by atoms with Crippen LogP contribution in [0.3, 0.4) is 0 Å². The Morgan fingerprint density at radius 3 is 2.84 bits per heavy atom. The molecule has 2 heterocycles. The summed E-state index contributed by atoms with van der Waals surface area (Å²) in [6.07, 6.45) is 4.10. The number of thiazole rings is 1. The molecule has 2 aromatic rings. The normalized spacial score (nSPS) is 11.6. The molecular weight excluding hydrogens is 330 g/mol. The van der Waals surface area contributed by atoms with Gasteiger partial charge in [-0.05, 0) is 22.4 Å². The third-order valence-corrected chi connectivity index (χ3v) is 3.44. The van der Waals surface area contributed by atoms with Gasteiger partial charge in [0.05, 0.1) is 10.2 Å². The van der Waals surface area contributed by atoms with Crippen molar-refractivity contribution >= 4 is 33.1 Å². The Labute approximate surface area is 122 Å². The summed E-state index contributed by atoms with van der Waals surface area (Å²) >= 11 is 4.78. The van der Waals surface area contributed by atoms with Gasteiger partial charge in [0, 0.05) is 17.8 Å². The van der Waals surface area contributed by atoms with E-state index >= 15 is 0 Å². The summed E-state index contributed by atoms with van der Waals surface area (Å²) in [7, 11) is 0. The number of halogens is 1. The SMILES string of the molecule is CCc1csc(CO/N=C(\N)c2ncc(Br)cn2)n1. The summed E-state index contributed by atoms with van der Waals surface area (Å²) in [5.41, 5.74) is 6.76. The fraction of sp³-hybridized carbons (Fsp3) is 0.273. The molecule has 2 rings (SSSR count). The Morgan fingerprint density at radius 2 is 2.21 bits per heavy atom. The molecule has 2 aromatic heterocycles. The van der Waals surface area contributed by atoms with E-state index in [0.29, 0.717) is 12.4 Å². The molecule has 0 fully saturated rings. The third kappa shape index (κ3) is 3.97. The number of hydrogen-bond acceptors (Lipinski definition) is 6. The van der Waals surface area contributed by atoms with Gasteiger partial charge < -0.3 is 10.6 Å². The van der Waals surface area contributed by atoms with Crippen molar-refractivity contribution in [2.75, 3.05) is 0 Å². The zero-order chi connectivity index (χ0) is 13.7. The van der Waals surface area contributed by atoms with E-state index in [9.17, 15) is 0 Å². The largest absolute Gasteiger partial charge is 0.387 e. The minimum atomic E-state index is 0.139. The fourth-order valence-corrected chi connectivity index (χ4v) is 2.21. The third-order valence-electron chi connectivity index (χ3n) is 2.16. The van der Waals surface area contributed by atoms with Gasteiger partial charge in [-0.25, -0.2) is 15.0 Å². The van der Waals surface area contributed by atoms with Crippen molar-refractivity contribution in [3.05, 3.63) is 38.8 Å². The van der Waals surface area contributed by atoms with E-state index in [1.54, 1.807) is 12.4 Å². The van der Waals surface area contributed by atoms with Gasteiger partial charge in [-0.1, -0.05) is 12.1 Å². The van der Waals surface area contributed by atoms with Crippen molar-refractivity contribution in [3.63, 3.8) is 0 Å². The Balaban J connectivity index is 1.93. The highest BCUT2D eigenvalue weighted by Crippen LogP contribution is 2.11. The zero-order valence-corrected chi connectivity index (χ0v) is 12.6. The van der Waals surface area contributed by atoms with Crippen LogP contribution in [-0.2, 0) is 17.9 Å². The van der Waals surface area contributed by atoms with Crippen LogP contribution < -0.4 is 5.73 Å². The van der Waals surface area contributed by atoms with Crippen LogP contribution in [0, 0.1) is 0 Å². The molecule has 8 heteroatoms. The summed E-state index contributed by atoms with van der Waals surface area (Å²) in [6, 6.07) is 0. The maximum absolute atomic E-state index is 5.71. The molecule has 19 heavy (non-hydrogen) atoms. The molecule has 0 unspecified atom stereocenters. The lowest BCUT2D eigenvalue weighted by atomic mass is 10.4. The van der Waals surface area contributed by atoms with Crippen LogP contribution in [0.2, 0.25) is 0 Å². The standard InChI is InChI=1S/C11H12BrN5OS/c1-2-8-6-19-9(16-8)5-18-17-10(13)11-14-3-7(12)4-15-11/h3-4,6H,2,5H2,1H3,(H2,13,17). The quantitative estimate of drug-likeness (QED) is 0.511. The van der Waals surface area contributed by atoms with Crippen LogP contribution in [-0.4, -0.2) is 20.8 Å². The molecule has 0 aromatic carbocycles. The van der Waals surface area contributed by atoms with E-state index in [1.165, 1.54) is 11.3 Å². The molecule has 0 aliphatic carbocycles. The highest BCUT2D eigenvalue weighted by Gasteiger charge is 2.04. The molecule has 2 N–H and O–H groups in total. The summed E-state index contributed by atoms with van der Waals surface area (Å²) in [4.78, 5) is 17.5. The number of hydrogen-bond donors (Lipinski definition) is 1. The zero-order valence-electron chi connectivity index (χ0n) is 10.2. The van der Waals surface area contributed by atoms with Gasteiger partial charge in [-0.2, -0.15) is 0 Å². The van der Waals surface area contributed by atoms with Crippen molar-refractivity contribution in [2.24, 2.45) is 10.9 Å². The van der Waals surface area contributed by atoms with E-state index in [-0.39, 0.29) is 5.84 Å². The van der Waals surface area contributed by atoms with Gasteiger partial charge in [0.25, 0.3) is 0 Å². The van der Waals surface area contributed by atoms with Crippen molar-refractivity contribution in [1.82, 2.24) is 15.0 Å². The molecule has 0 aliphatic rings. The molecule has 0 aliphatic heterocycles. The first-order valence-electron chi connectivity index (χ1n) is 5.55. The van der Waals surface area contributed by atoms with Crippen molar-refractivity contribution in [2.45, 2.75) is 20.0 Å². The van der Waals surface area contributed by atoms with E-state index in [1.807, 2.05) is 5.38 Å². The topological polar surface area (TPSA) is 86.3 Å². The molecule has 0 saturated carbocycles. The molecule has 0 amide bonds. The van der Waals surface area contributed by atoms with Crippen LogP contribution in [0.1, 0.15) is 23.4 Å². The molecule has 0 bridgehead atoms. The summed E-state index contributed by atoms with van der Waals surface area (Å²) < 4.78 is 0.778. The number of nitrogens with two attached hydrogens (primary N) is 1. The van der Waals surface area contributed by atoms with Gasteiger partial charge in [0.15, 0.2) is 12.4 Å². The maximum atomic E-state index is 5.71. The lowest BCUT2D eigenvalue weighted by molar-refractivity contribution is 0.130. The smallest absolute Gasteiger partial charge is 0.208 e. The number of rotatable bonds is 5. The second-order valence-electron chi connectivity index (χ2n) is 3.56. The first kappa shape index (κ1) is 13.9. The average Bonchev–Trinajstić information content (AvgIpc) is 2.87. The highest BCUT2D eigenvalue weighted by atomic mass is 79.9. The van der Waals surface area contributed by atoms with Gasteiger partial charge in [-0.15, -0.1) is 11.3 Å². The van der Waals surface area contributed by atoms with E-state index in [2.05, 4.69) is 43.0 Å². The average molecular weight is 342 g/mol. The summed E-state index contributed by atoms with van der Waals surface area (Å²) in [5.74, 6) is 0.469. The Bertz CT molecular complexity index is 569. The monoisotopic (exact) mass is 341 g/mol.